The van der Waals surface area contributed by atoms with E-state index in [1.165, 1.54) is 31.2 Å². The molecular formula is C13H12F2N2O2S. The Kier molecular flexibility index (Phi) is 3.63. The normalized spacial score (nSPS) is 11.3. The Morgan fingerprint density at radius 2 is 1.80 bits per heavy atom. The summed E-state index contributed by atoms with van der Waals surface area (Å²) in [6, 6.07) is 7.16. The molecule has 0 aromatic heterocycles. The van der Waals surface area contributed by atoms with Crippen molar-refractivity contribution in [2.75, 3.05) is 10.5 Å². The van der Waals surface area contributed by atoms with Gasteiger partial charge in [-0.15, -0.1) is 0 Å². The van der Waals surface area contributed by atoms with E-state index in [1.807, 2.05) is 0 Å². The first-order chi connectivity index (χ1) is 9.31. The summed E-state index contributed by atoms with van der Waals surface area (Å²) in [4.78, 5) is -0.284. The lowest BCUT2D eigenvalue weighted by Crippen LogP contribution is -2.14. The van der Waals surface area contributed by atoms with Gasteiger partial charge >= 0.3 is 0 Å². The summed E-state index contributed by atoms with van der Waals surface area (Å²) in [5, 5.41) is 0. The monoisotopic (exact) mass is 298 g/mol. The first-order valence-electron chi connectivity index (χ1n) is 5.64. The number of hydrogen-bond donors (Lipinski definition) is 2. The van der Waals surface area contributed by atoms with E-state index in [9.17, 15) is 17.2 Å². The Hall–Kier alpha value is -2.15. The van der Waals surface area contributed by atoms with Crippen molar-refractivity contribution >= 4 is 21.4 Å². The molecule has 0 atom stereocenters. The van der Waals surface area contributed by atoms with Gasteiger partial charge in [-0.3, -0.25) is 4.72 Å². The van der Waals surface area contributed by atoms with E-state index >= 15 is 0 Å². The first kappa shape index (κ1) is 14.3. The lowest BCUT2D eigenvalue weighted by Gasteiger charge is -2.11. The molecule has 7 heteroatoms. The minimum absolute atomic E-state index is 0.0993. The number of hydrogen-bond acceptors (Lipinski definition) is 3. The standard InChI is InChI=1S/C13H12F2N2O2S/c1-8-10(14)3-2-4-13(8)17-20(18,19)9-5-6-12(16)11(15)7-9/h2-7,17H,16H2,1H3. The Bertz CT molecular complexity index is 761. The van der Waals surface area contributed by atoms with Gasteiger partial charge in [0, 0.05) is 5.56 Å². The molecule has 2 aromatic rings. The smallest absolute Gasteiger partial charge is 0.262 e. The molecule has 0 unspecified atom stereocenters. The lowest BCUT2D eigenvalue weighted by molar-refractivity contribution is 0.596. The maximum atomic E-state index is 13.4. The molecule has 0 saturated carbocycles. The number of nitrogens with two attached hydrogens (primary N) is 1. The van der Waals surface area contributed by atoms with E-state index in [1.54, 1.807) is 0 Å². The molecule has 0 aliphatic heterocycles. The molecule has 2 aromatic carbocycles. The van der Waals surface area contributed by atoms with Gasteiger partial charge in [0.25, 0.3) is 10.0 Å². The molecule has 0 aliphatic carbocycles. The number of nitrogens with one attached hydrogen (secondary N) is 1. The van der Waals surface area contributed by atoms with Crippen molar-refractivity contribution in [2.45, 2.75) is 11.8 Å². The van der Waals surface area contributed by atoms with Gasteiger partial charge in [0.15, 0.2) is 0 Å². The molecule has 20 heavy (non-hydrogen) atoms. The Morgan fingerprint density at radius 1 is 1.10 bits per heavy atom. The summed E-state index contributed by atoms with van der Waals surface area (Å²) in [7, 11) is -4.00. The highest BCUT2D eigenvalue weighted by atomic mass is 32.2. The molecular weight excluding hydrogens is 286 g/mol. The van der Waals surface area contributed by atoms with Gasteiger partial charge in [-0.25, -0.2) is 17.2 Å². The van der Waals surface area contributed by atoms with Gasteiger partial charge in [0.2, 0.25) is 0 Å². The topological polar surface area (TPSA) is 72.2 Å². The summed E-state index contributed by atoms with van der Waals surface area (Å²) in [5.41, 5.74) is 5.40. The summed E-state index contributed by atoms with van der Waals surface area (Å²) in [6.07, 6.45) is 0. The van der Waals surface area contributed by atoms with Gasteiger partial charge in [-0.2, -0.15) is 0 Å². The average Bonchev–Trinajstić information content (AvgIpc) is 2.38. The van der Waals surface area contributed by atoms with Crippen molar-refractivity contribution in [1.29, 1.82) is 0 Å². The predicted molar refractivity (Wildman–Crippen MR) is 72.8 cm³/mol. The second-order valence-electron chi connectivity index (χ2n) is 4.20. The molecule has 0 aliphatic rings. The van der Waals surface area contributed by atoms with E-state index in [-0.39, 0.29) is 21.8 Å². The van der Waals surface area contributed by atoms with Crippen LogP contribution in [0.4, 0.5) is 20.2 Å². The van der Waals surface area contributed by atoms with Crippen molar-refractivity contribution in [3.05, 3.63) is 53.6 Å². The average molecular weight is 298 g/mol. The number of sulfonamides is 1. The summed E-state index contributed by atoms with van der Waals surface area (Å²) in [6.45, 7) is 1.44. The first-order valence-corrected chi connectivity index (χ1v) is 7.12. The number of benzene rings is 2. The molecule has 0 fully saturated rings. The van der Waals surface area contributed by atoms with Gasteiger partial charge < -0.3 is 5.73 Å². The molecule has 0 bridgehead atoms. The predicted octanol–water partition coefficient (Wildman–Crippen LogP) is 2.66. The van der Waals surface area contributed by atoms with Crippen molar-refractivity contribution in [3.8, 4) is 0 Å². The second-order valence-corrected chi connectivity index (χ2v) is 5.88. The number of nitrogen functional groups attached to an aromatic ring is 1. The molecule has 0 saturated heterocycles. The van der Waals surface area contributed by atoms with Crippen LogP contribution in [0.15, 0.2) is 41.3 Å². The molecule has 0 spiro atoms. The summed E-state index contributed by atoms with van der Waals surface area (Å²) in [5.74, 6) is -1.36. The van der Waals surface area contributed by atoms with Crippen LogP contribution in [0.1, 0.15) is 5.56 Å². The molecule has 2 rings (SSSR count). The van der Waals surface area contributed by atoms with Gasteiger partial charge in [-0.05, 0) is 37.3 Å². The fourth-order valence-corrected chi connectivity index (χ4v) is 2.73. The highest BCUT2D eigenvalue weighted by molar-refractivity contribution is 7.92. The van der Waals surface area contributed by atoms with Crippen LogP contribution < -0.4 is 10.5 Å². The third-order valence-electron chi connectivity index (χ3n) is 2.79. The SMILES string of the molecule is Cc1c(F)cccc1NS(=O)(=O)c1ccc(N)c(F)c1. The Balaban J connectivity index is 2.41. The van der Waals surface area contributed by atoms with Crippen molar-refractivity contribution in [3.63, 3.8) is 0 Å². The van der Waals surface area contributed by atoms with Crippen LogP contribution in [0.3, 0.4) is 0 Å². The number of rotatable bonds is 3. The number of halogens is 2. The third kappa shape index (κ3) is 2.72. The van der Waals surface area contributed by atoms with Crippen LogP contribution in [0.5, 0.6) is 0 Å². The summed E-state index contributed by atoms with van der Waals surface area (Å²) >= 11 is 0. The van der Waals surface area contributed by atoms with Crippen molar-refractivity contribution in [2.24, 2.45) is 0 Å². The van der Waals surface area contributed by atoms with E-state index in [2.05, 4.69) is 4.72 Å². The Labute approximate surface area is 115 Å². The zero-order valence-electron chi connectivity index (χ0n) is 10.5. The second kappa shape index (κ2) is 5.09. The largest absolute Gasteiger partial charge is 0.396 e. The highest BCUT2D eigenvalue weighted by Gasteiger charge is 2.17. The minimum Gasteiger partial charge on any atom is -0.396 e. The molecule has 106 valence electrons. The maximum Gasteiger partial charge on any atom is 0.262 e. The van der Waals surface area contributed by atoms with Crippen LogP contribution in [-0.4, -0.2) is 8.42 Å². The minimum atomic E-state index is -4.00. The molecule has 0 radical (unpaired) electrons. The molecule has 0 amide bonds. The fourth-order valence-electron chi connectivity index (χ4n) is 1.60. The van der Waals surface area contributed by atoms with E-state index in [0.29, 0.717) is 0 Å². The highest BCUT2D eigenvalue weighted by Crippen LogP contribution is 2.23. The zero-order chi connectivity index (χ0) is 14.9. The van der Waals surface area contributed by atoms with Gasteiger partial charge in [0.05, 0.1) is 16.3 Å². The van der Waals surface area contributed by atoms with Crippen molar-refractivity contribution in [1.82, 2.24) is 0 Å². The number of anilines is 2. The van der Waals surface area contributed by atoms with Crippen LogP contribution in [0.2, 0.25) is 0 Å². The summed E-state index contributed by atoms with van der Waals surface area (Å²) < 4.78 is 53.1. The third-order valence-corrected chi connectivity index (χ3v) is 4.16. The van der Waals surface area contributed by atoms with Crippen LogP contribution >= 0.6 is 0 Å². The van der Waals surface area contributed by atoms with Gasteiger partial charge in [0.1, 0.15) is 11.6 Å². The Morgan fingerprint density at radius 3 is 2.45 bits per heavy atom. The van der Waals surface area contributed by atoms with E-state index < -0.39 is 21.7 Å². The van der Waals surface area contributed by atoms with Crippen molar-refractivity contribution < 1.29 is 17.2 Å². The zero-order valence-corrected chi connectivity index (χ0v) is 11.3. The van der Waals surface area contributed by atoms with E-state index in [4.69, 9.17) is 5.73 Å². The molecule has 4 nitrogen and oxygen atoms in total. The fraction of sp³-hybridized carbons (Fsp3) is 0.0769. The van der Waals surface area contributed by atoms with Crippen LogP contribution in [0.25, 0.3) is 0 Å². The molecule has 0 heterocycles. The van der Waals surface area contributed by atoms with E-state index in [0.717, 1.165) is 12.1 Å². The maximum absolute atomic E-state index is 13.4. The van der Waals surface area contributed by atoms with Crippen LogP contribution in [-0.2, 0) is 10.0 Å². The lowest BCUT2D eigenvalue weighted by atomic mass is 10.2. The molecule has 3 N–H and O–H groups in total. The quantitative estimate of drug-likeness (QED) is 0.856. The van der Waals surface area contributed by atoms with Gasteiger partial charge in [-0.1, -0.05) is 6.07 Å². The van der Waals surface area contributed by atoms with Crippen LogP contribution in [0, 0.1) is 18.6 Å².